The van der Waals surface area contributed by atoms with Crippen LogP contribution in [0.1, 0.15) is 6.92 Å². The van der Waals surface area contributed by atoms with Crippen molar-refractivity contribution >= 4 is 23.2 Å². The highest BCUT2D eigenvalue weighted by atomic mass is 16.5. The third-order valence-corrected chi connectivity index (χ3v) is 3.36. The largest absolute Gasteiger partial charge is 0.495 e. The molecule has 0 unspecified atom stereocenters. The molecule has 0 aliphatic rings. The summed E-state index contributed by atoms with van der Waals surface area (Å²) in [5.74, 6) is 0.307. The number of carbonyl (C=O) groups is 2. The van der Waals surface area contributed by atoms with Gasteiger partial charge in [-0.05, 0) is 31.2 Å². The fourth-order valence-electron chi connectivity index (χ4n) is 2.13. The van der Waals surface area contributed by atoms with Crippen molar-refractivity contribution in [1.29, 1.82) is 0 Å². The number of anilines is 2. The SMILES string of the molecule is COc1ccccc1NC(=O)[C@H](C)Nc1cccc(OCC(N)=O)c1. The van der Waals surface area contributed by atoms with Crippen LogP contribution in [0.2, 0.25) is 0 Å². The smallest absolute Gasteiger partial charge is 0.255 e. The van der Waals surface area contributed by atoms with Gasteiger partial charge in [-0.15, -0.1) is 0 Å². The summed E-state index contributed by atoms with van der Waals surface area (Å²) in [6, 6.07) is 13.6. The van der Waals surface area contributed by atoms with E-state index in [1.54, 1.807) is 50.4 Å². The summed E-state index contributed by atoms with van der Waals surface area (Å²) in [6.07, 6.45) is 0. The Morgan fingerprint density at radius 1 is 1.16 bits per heavy atom. The van der Waals surface area contributed by atoms with E-state index in [1.165, 1.54) is 0 Å². The van der Waals surface area contributed by atoms with Gasteiger partial charge < -0.3 is 25.8 Å². The van der Waals surface area contributed by atoms with Crippen molar-refractivity contribution in [2.75, 3.05) is 24.4 Å². The molecular formula is C18H21N3O4. The molecule has 0 aromatic heterocycles. The summed E-state index contributed by atoms with van der Waals surface area (Å²) in [5, 5.41) is 5.90. The van der Waals surface area contributed by atoms with E-state index in [0.717, 1.165) is 0 Å². The van der Waals surface area contributed by atoms with Crippen molar-refractivity contribution in [2.24, 2.45) is 5.73 Å². The van der Waals surface area contributed by atoms with Gasteiger partial charge in [0, 0.05) is 11.8 Å². The number of amides is 2. The van der Waals surface area contributed by atoms with Crippen LogP contribution in [0.15, 0.2) is 48.5 Å². The molecule has 25 heavy (non-hydrogen) atoms. The lowest BCUT2D eigenvalue weighted by atomic mass is 10.2. The molecule has 0 aliphatic heterocycles. The summed E-state index contributed by atoms with van der Waals surface area (Å²) < 4.78 is 10.5. The maximum absolute atomic E-state index is 12.4. The van der Waals surface area contributed by atoms with E-state index in [0.29, 0.717) is 22.9 Å². The molecule has 0 saturated carbocycles. The van der Waals surface area contributed by atoms with Crippen LogP contribution < -0.4 is 25.8 Å². The summed E-state index contributed by atoms with van der Waals surface area (Å²) in [4.78, 5) is 23.1. The van der Waals surface area contributed by atoms with Gasteiger partial charge in [-0.1, -0.05) is 18.2 Å². The third-order valence-electron chi connectivity index (χ3n) is 3.36. The van der Waals surface area contributed by atoms with Crippen LogP contribution in [0.25, 0.3) is 0 Å². The number of benzene rings is 2. The number of nitrogens with one attached hydrogen (secondary N) is 2. The molecule has 0 aliphatic carbocycles. The Labute approximate surface area is 146 Å². The van der Waals surface area contributed by atoms with E-state index in [-0.39, 0.29) is 12.5 Å². The van der Waals surface area contributed by atoms with E-state index in [9.17, 15) is 9.59 Å². The van der Waals surface area contributed by atoms with Gasteiger partial charge in [-0.3, -0.25) is 9.59 Å². The molecule has 0 saturated heterocycles. The minimum absolute atomic E-state index is 0.201. The third kappa shape index (κ3) is 5.42. The molecule has 7 nitrogen and oxygen atoms in total. The molecule has 2 aromatic carbocycles. The summed E-state index contributed by atoms with van der Waals surface area (Å²) in [5.41, 5.74) is 6.34. The molecule has 132 valence electrons. The molecule has 2 amide bonds. The van der Waals surface area contributed by atoms with Crippen LogP contribution >= 0.6 is 0 Å². The lowest BCUT2D eigenvalue weighted by Crippen LogP contribution is -2.32. The van der Waals surface area contributed by atoms with E-state index in [4.69, 9.17) is 15.2 Å². The number of hydrogen-bond acceptors (Lipinski definition) is 5. The number of carbonyl (C=O) groups excluding carboxylic acids is 2. The zero-order valence-corrected chi connectivity index (χ0v) is 14.1. The summed E-state index contributed by atoms with van der Waals surface area (Å²) in [7, 11) is 1.55. The number of para-hydroxylation sites is 2. The average Bonchev–Trinajstić information content (AvgIpc) is 2.60. The Kier molecular flexibility index (Phi) is 6.22. The fraction of sp³-hybridized carbons (Fsp3) is 0.222. The van der Waals surface area contributed by atoms with E-state index < -0.39 is 11.9 Å². The Hall–Kier alpha value is -3.22. The molecule has 0 fully saturated rings. The highest BCUT2D eigenvalue weighted by Crippen LogP contribution is 2.23. The van der Waals surface area contributed by atoms with Crippen LogP contribution in [0, 0.1) is 0 Å². The number of nitrogens with two attached hydrogens (primary N) is 1. The maximum atomic E-state index is 12.4. The van der Waals surface area contributed by atoms with Gasteiger partial charge in [0.1, 0.15) is 17.5 Å². The molecule has 1 atom stereocenters. The van der Waals surface area contributed by atoms with Crippen LogP contribution in [-0.4, -0.2) is 31.6 Å². The summed E-state index contributed by atoms with van der Waals surface area (Å²) >= 11 is 0. The molecule has 2 rings (SSSR count). The summed E-state index contributed by atoms with van der Waals surface area (Å²) in [6.45, 7) is 1.54. The number of methoxy groups -OCH3 is 1. The minimum Gasteiger partial charge on any atom is -0.495 e. The molecule has 2 aromatic rings. The van der Waals surface area contributed by atoms with Crippen molar-refractivity contribution in [1.82, 2.24) is 0 Å². The molecular weight excluding hydrogens is 322 g/mol. The second-order valence-corrected chi connectivity index (χ2v) is 5.34. The number of ether oxygens (including phenoxy) is 2. The van der Waals surface area contributed by atoms with Crippen molar-refractivity contribution in [2.45, 2.75) is 13.0 Å². The number of rotatable bonds is 8. The van der Waals surface area contributed by atoms with Gasteiger partial charge in [-0.2, -0.15) is 0 Å². The molecule has 0 bridgehead atoms. The standard InChI is InChI=1S/C18H21N3O4/c1-12(18(23)21-15-8-3-4-9-16(15)24-2)20-13-6-5-7-14(10-13)25-11-17(19)22/h3-10,12,20H,11H2,1-2H3,(H2,19,22)(H,21,23)/t12-/m0/s1. The first-order chi connectivity index (χ1) is 12.0. The minimum atomic E-state index is -0.553. The van der Waals surface area contributed by atoms with Crippen molar-refractivity contribution in [3.63, 3.8) is 0 Å². The van der Waals surface area contributed by atoms with Gasteiger partial charge in [0.25, 0.3) is 5.91 Å². The monoisotopic (exact) mass is 343 g/mol. The Morgan fingerprint density at radius 2 is 1.92 bits per heavy atom. The van der Waals surface area contributed by atoms with Gasteiger partial charge in [0.15, 0.2) is 6.61 Å². The van der Waals surface area contributed by atoms with Gasteiger partial charge in [0.05, 0.1) is 12.8 Å². The molecule has 0 radical (unpaired) electrons. The highest BCUT2D eigenvalue weighted by molar-refractivity contribution is 5.97. The predicted octanol–water partition coefficient (Wildman–Crippen LogP) is 2.00. The maximum Gasteiger partial charge on any atom is 0.255 e. The van der Waals surface area contributed by atoms with Gasteiger partial charge >= 0.3 is 0 Å². The lowest BCUT2D eigenvalue weighted by Gasteiger charge is -2.17. The first-order valence-corrected chi connectivity index (χ1v) is 7.71. The average molecular weight is 343 g/mol. The normalized spacial score (nSPS) is 11.3. The topological polar surface area (TPSA) is 103 Å². The van der Waals surface area contributed by atoms with Crippen molar-refractivity contribution in [3.05, 3.63) is 48.5 Å². The van der Waals surface area contributed by atoms with Gasteiger partial charge in [-0.25, -0.2) is 0 Å². The molecule has 7 heteroatoms. The van der Waals surface area contributed by atoms with Crippen LogP contribution in [0.5, 0.6) is 11.5 Å². The Bertz CT molecular complexity index is 749. The molecule has 0 heterocycles. The number of hydrogen-bond donors (Lipinski definition) is 3. The quantitative estimate of drug-likeness (QED) is 0.680. The Balaban J connectivity index is 1.99. The zero-order chi connectivity index (χ0) is 18.2. The molecule has 0 spiro atoms. The first-order valence-electron chi connectivity index (χ1n) is 7.71. The number of primary amides is 1. The first kappa shape index (κ1) is 18.1. The van der Waals surface area contributed by atoms with Crippen LogP contribution in [-0.2, 0) is 9.59 Å². The lowest BCUT2D eigenvalue weighted by molar-refractivity contribution is -0.120. The zero-order valence-electron chi connectivity index (χ0n) is 14.1. The second-order valence-electron chi connectivity index (χ2n) is 5.34. The fourth-order valence-corrected chi connectivity index (χ4v) is 2.13. The van der Waals surface area contributed by atoms with Crippen molar-refractivity contribution in [3.8, 4) is 11.5 Å². The molecule has 4 N–H and O–H groups in total. The van der Waals surface area contributed by atoms with E-state index in [1.807, 2.05) is 12.1 Å². The predicted molar refractivity (Wildman–Crippen MR) is 95.8 cm³/mol. The van der Waals surface area contributed by atoms with Crippen LogP contribution in [0.4, 0.5) is 11.4 Å². The van der Waals surface area contributed by atoms with E-state index in [2.05, 4.69) is 10.6 Å². The second kappa shape index (κ2) is 8.58. The van der Waals surface area contributed by atoms with Crippen molar-refractivity contribution < 1.29 is 19.1 Å². The van der Waals surface area contributed by atoms with Crippen LogP contribution in [0.3, 0.4) is 0 Å². The Morgan fingerprint density at radius 3 is 2.64 bits per heavy atom. The highest BCUT2D eigenvalue weighted by Gasteiger charge is 2.15. The van der Waals surface area contributed by atoms with Gasteiger partial charge in [0.2, 0.25) is 5.91 Å². The van der Waals surface area contributed by atoms with E-state index >= 15 is 0 Å².